The standard InChI is InChI=1S/C4H11As/c1-4-5(2)3/h4H2,1-3H3. The quantitative estimate of drug-likeness (QED) is 0.479. The van der Waals surface area contributed by atoms with E-state index in [1.807, 2.05) is 0 Å². The number of hydrogen-bond donors (Lipinski definition) is 0. The van der Waals surface area contributed by atoms with Gasteiger partial charge in [0, 0.05) is 0 Å². The van der Waals surface area contributed by atoms with Gasteiger partial charge in [-0.15, -0.1) is 0 Å². The van der Waals surface area contributed by atoms with E-state index in [2.05, 4.69) is 18.3 Å². The van der Waals surface area contributed by atoms with E-state index in [9.17, 15) is 0 Å². The fourth-order valence-electron chi connectivity index (χ4n) is 0. The van der Waals surface area contributed by atoms with Gasteiger partial charge in [0.15, 0.2) is 0 Å². The third-order valence-corrected chi connectivity index (χ3v) is 3.29. The molecule has 0 aliphatic rings. The molecule has 0 radical (unpaired) electrons. The second-order valence-electron chi connectivity index (χ2n) is 1.40. The van der Waals surface area contributed by atoms with Crippen molar-refractivity contribution < 1.29 is 0 Å². The molecular formula is C4H11As. The van der Waals surface area contributed by atoms with Gasteiger partial charge in [0.1, 0.15) is 0 Å². The average Bonchev–Trinajstić information content (AvgIpc) is 1.38. The van der Waals surface area contributed by atoms with E-state index in [4.69, 9.17) is 0 Å². The van der Waals surface area contributed by atoms with Crippen LogP contribution in [0.15, 0.2) is 0 Å². The summed E-state index contributed by atoms with van der Waals surface area (Å²) in [6.07, 6.45) is 0. The maximum atomic E-state index is 2.37. The van der Waals surface area contributed by atoms with Gasteiger partial charge in [-0.1, -0.05) is 0 Å². The van der Waals surface area contributed by atoms with Crippen LogP contribution in [0.2, 0.25) is 16.6 Å². The summed E-state index contributed by atoms with van der Waals surface area (Å²) < 4.78 is 0. The fraction of sp³-hybridized carbons (Fsp3) is 1.00. The molecule has 0 spiro atoms. The van der Waals surface area contributed by atoms with Crippen LogP contribution in [0.5, 0.6) is 0 Å². The zero-order valence-corrected chi connectivity index (χ0v) is 6.03. The first-order valence-electron chi connectivity index (χ1n) is 1.92. The van der Waals surface area contributed by atoms with Crippen LogP contribution in [0.1, 0.15) is 6.92 Å². The molecule has 0 saturated heterocycles. The molecule has 5 heavy (non-hydrogen) atoms. The minimum absolute atomic E-state index is 0.201. The van der Waals surface area contributed by atoms with E-state index in [-0.39, 0.29) is 14.7 Å². The molecule has 0 rings (SSSR count). The van der Waals surface area contributed by atoms with Crippen LogP contribution in [-0.2, 0) is 0 Å². The van der Waals surface area contributed by atoms with E-state index >= 15 is 0 Å². The summed E-state index contributed by atoms with van der Waals surface area (Å²) >= 11 is -0.201. The maximum absolute atomic E-state index is 2.37. The van der Waals surface area contributed by atoms with Crippen LogP contribution >= 0.6 is 0 Å². The van der Waals surface area contributed by atoms with Gasteiger partial charge in [0.2, 0.25) is 0 Å². The molecule has 0 aliphatic heterocycles. The summed E-state index contributed by atoms with van der Waals surface area (Å²) in [5.41, 5.74) is 4.74. The van der Waals surface area contributed by atoms with Gasteiger partial charge < -0.3 is 0 Å². The Morgan fingerprint density at radius 1 is 1.40 bits per heavy atom. The second-order valence-corrected chi connectivity index (χ2v) is 7.25. The predicted molar refractivity (Wildman–Crippen MR) is 28.0 cm³/mol. The zero-order valence-electron chi connectivity index (χ0n) is 4.15. The topological polar surface area (TPSA) is 0 Å². The van der Waals surface area contributed by atoms with Crippen LogP contribution < -0.4 is 0 Å². The molecule has 0 heterocycles. The minimum atomic E-state index is -0.201. The molecule has 0 amide bonds. The van der Waals surface area contributed by atoms with Crippen molar-refractivity contribution in [2.24, 2.45) is 0 Å². The van der Waals surface area contributed by atoms with Gasteiger partial charge in [-0.2, -0.15) is 0 Å². The Balaban J connectivity index is 2.54. The summed E-state index contributed by atoms with van der Waals surface area (Å²) in [6.45, 7) is 2.26. The monoisotopic (exact) mass is 134 g/mol. The van der Waals surface area contributed by atoms with Crippen molar-refractivity contribution in [2.75, 3.05) is 0 Å². The SMILES string of the molecule is CC[As](C)C. The zero-order chi connectivity index (χ0) is 4.28. The first-order valence-corrected chi connectivity index (χ1v) is 7.00. The molecule has 0 nitrogen and oxygen atoms in total. The van der Waals surface area contributed by atoms with Crippen LogP contribution in [0.25, 0.3) is 0 Å². The van der Waals surface area contributed by atoms with Crippen molar-refractivity contribution in [3.63, 3.8) is 0 Å². The summed E-state index contributed by atoms with van der Waals surface area (Å²) in [6, 6.07) is 0. The molecule has 0 aromatic heterocycles. The molecule has 1 heteroatoms. The molecule has 0 saturated carbocycles. The molecule has 0 N–H and O–H groups in total. The van der Waals surface area contributed by atoms with Gasteiger partial charge >= 0.3 is 38.2 Å². The van der Waals surface area contributed by atoms with Gasteiger partial charge in [0.25, 0.3) is 0 Å². The van der Waals surface area contributed by atoms with Crippen molar-refractivity contribution >= 4 is 14.7 Å². The Hall–Kier alpha value is 0.558. The molecule has 32 valence electrons. The van der Waals surface area contributed by atoms with E-state index in [1.165, 1.54) is 5.21 Å². The van der Waals surface area contributed by atoms with Gasteiger partial charge in [-0.05, 0) is 0 Å². The second kappa shape index (κ2) is 2.78. The molecule has 0 aliphatic carbocycles. The third-order valence-electron chi connectivity index (χ3n) is 0.632. The molecule has 0 bridgehead atoms. The molecule has 0 atom stereocenters. The fourth-order valence-corrected chi connectivity index (χ4v) is 0. The Bertz CT molecular complexity index is 17.6. The van der Waals surface area contributed by atoms with Crippen LogP contribution in [0.3, 0.4) is 0 Å². The molecule has 0 aromatic rings. The van der Waals surface area contributed by atoms with Crippen molar-refractivity contribution in [1.82, 2.24) is 0 Å². The summed E-state index contributed by atoms with van der Waals surface area (Å²) in [5.74, 6) is 0. The van der Waals surface area contributed by atoms with E-state index < -0.39 is 0 Å². The Morgan fingerprint density at radius 2 is 1.60 bits per heavy atom. The summed E-state index contributed by atoms with van der Waals surface area (Å²) in [7, 11) is 0. The van der Waals surface area contributed by atoms with Gasteiger partial charge in [-0.25, -0.2) is 0 Å². The molecular weight excluding hydrogens is 123 g/mol. The number of rotatable bonds is 1. The summed E-state index contributed by atoms with van der Waals surface area (Å²) in [5, 5.41) is 1.45. The Kier molecular flexibility index (Phi) is 3.09. The first-order chi connectivity index (χ1) is 2.27. The molecule has 0 aromatic carbocycles. The summed E-state index contributed by atoms with van der Waals surface area (Å²) in [4.78, 5) is 0. The Labute approximate surface area is 38.8 Å². The van der Waals surface area contributed by atoms with Crippen molar-refractivity contribution in [3.05, 3.63) is 0 Å². The molecule has 0 unspecified atom stereocenters. The van der Waals surface area contributed by atoms with E-state index in [1.54, 1.807) is 0 Å². The third kappa shape index (κ3) is 4.56. The van der Waals surface area contributed by atoms with Crippen LogP contribution in [0, 0.1) is 0 Å². The number of hydrogen-bond acceptors (Lipinski definition) is 0. The van der Waals surface area contributed by atoms with Gasteiger partial charge in [-0.3, -0.25) is 0 Å². The van der Waals surface area contributed by atoms with E-state index in [0.717, 1.165) is 0 Å². The normalized spacial score (nSPS) is 9.60. The van der Waals surface area contributed by atoms with Crippen molar-refractivity contribution in [3.8, 4) is 0 Å². The van der Waals surface area contributed by atoms with E-state index in [0.29, 0.717) is 0 Å². The first kappa shape index (κ1) is 5.56. The van der Waals surface area contributed by atoms with Crippen LogP contribution in [0.4, 0.5) is 0 Å². The Morgan fingerprint density at radius 3 is 1.60 bits per heavy atom. The van der Waals surface area contributed by atoms with Crippen LogP contribution in [-0.4, -0.2) is 14.7 Å². The average molecular weight is 134 g/mol. The van der Waals surface area contributed by atoms with Crippen molar-refractivity contribution in [2.45, 2.75) is 23.6 Å². The van der Waals surface area contributed by atoms with Gasteiger partial charge in [0.05, 0.1) is 0 Å². The predicted octanol–water partition coefficient (Wildman–Crippen LogP) is 1.76. The van der Waals surface area contributed by atoms with Crippen molar-refractivity contribution in [1.29, 1.82) is 0 Å². The molecule has 0 fully saturated rings.